The van der Waals surface area contributed by atoms with Gasteiger partial charge in [-0.25, -0.2) is 9.97 Å². The van der Waals surface area contributed by atoms with E-state index in [1.54, 1.807) is 13.4 Å². The van der Waals surface area contributed by atoms with Crippen LogP contribution in [0.4, 0.5) is 23.0 Å². The zero-order chi connectivity index (χ0) is 20.9. The molecule has 1 fully saturated rings. The Labute approximate surface area is 181 Å². The van der Waals surface area contributed by atoms with Crippen molar-refractivity contribution in [2.24, 2.45) is 0 Å². The average molecular weight is 425 g/mol. The van der Waals surface area contributed by atoms with Crippen LogP contribution >= 0.6 is 11.6 Å². The van der Waals surface area contributed by atoms with E-state index < -0.39 is 0 Å². The molecule has 2 aromatic carbocycles. The number of nitrogens with zero attached hydrogens (tertiary/aromatic N) is 4. The first-order valence-electron chi connectivity index (χ1n) is 9.87. The van der Waals surface area contributed by atoms with Gasteiger partial charge in [-0.3, -0.25) is 0 Å². The summed E-state index contributed by atoms with van der Waals surface area (Å²) in [6.07, 6.45) is 1.55. The predicted octanol–water partition coefficient (Wildman–Crippen LogP) is 3.66. The first-order chi connectivity index (χ1) is 14.7. The first kappa shape index (κ1) is 20.1. The third-order valence-electron chi connectivity index (χ3n) is 5.28. The van der Waals surface area contributed by atoms with Crippen molar-refractivity contribution in [3.05, 3.63) is 65.4 Å². The van der Waals surface area contributed by atoms with Crippen LogP contribution in [-0.2, 0) is 6.54 Å². The van der Waals surface area contributed by atoms with Gasteiger partial charge in [0.2, 0.25) is 0 Å². The Morgan fingerprint density at radius 1 is 1.00 bits per heavy atom. The minimum atomic E-state index is 0.547. The minimum absolute atomic E-state index is 0.547. The normalized spacial score (nSPS) is 13.9. The third-order valence-corrected chi connectivity index (χ3v) is 5.65. The Morgan fingerprint density at radius 2 is 1.70 bits per heavy atom. The molecule has 0 saturated carbocycles. The van der Waals surface area contributed by atoms with Crippen molar-refractivity contribution in [2.75, 3.05) is 54.1 Å². The molecule has 156 valence electrons. The molecule has 4 rings (SSSR count). The van der Waals surface area contributed by atoms with Crippen LogP contribution in [-0.4, -0.2) is 43.3 Å². The van der Waals surface area contributed by atoms with Gasteiger partial charge in [-0.2, -0.15) is 0 Å². The van der Waals surface area contributed by atoms with Crippen LogP contribution in [0.3, 0.4) is 0 Å². The van der Waals surface area contributed by atoms with Gasteiger partial charge in [0.05, 0.1) is 7.11 Å². The van der Waals surface area contributed by atoms with E-state index in [1.165, 1.54) is 5.69 Å². The smallest absolute Gasteiger partial charge is 0.157 e. The van der Waals surface area contributed by atoms with Gasteiger partial charge in [-0.15, -0.1) is 0 Å². The fourth-order valence-corrected chi connectivity index (χ4v) is 3.77. The number of nitrogens with one attached hydrogen (secondary N) is 1. The molecule has 3 N–H and O–H groups in total. The Hall–Kier alpha value is -3.19. The second-order valence-corrected chi connectivity index (χ2v) is 7.48. The number of ether oxygens (including phenoxy) is 1. The molecule has 8 heteroatoms. The molecule has 0 unspecified atom stereocenters. The van der Waals surface area contributed by atoms with Gasteiger partial charge in [-0.05, 0) is 35.9 Å². The van der Waals surface area contributed by atoms with Crippen LogP contribution in [0.15, 0.2) is 54.9 Å². The van der Waals surface area contributed by atoms with E-state index >= 15 is 0 Å². The number of nitrogens with two attached hydrogens (primary N) is 1. The van der Waals surface area contributed by atoms with Gasteiger partial charge in [0.15, 0.2) is 11.6 Å². The minimum Gasteiger partial charge on any atom is -0.497 e. The number of hydrogen-bond donors (Lipinski definition) is 2. The molecule has 0 radical (unpaired) electrons. The molecule has 30 heavy (non-hydrogen) atoms. The number of nitrogen functional groups attached to an aromatic ring is 1. The maximum absolute atomic E-state index is 6.40. The van der Waals surface area contributed by atoms with Gasteiger partial charge in [0.25, 0.3) is 0 Å². The summed E-state index contributed by atoms with van der Waals surface area (Å²) in [5.74, 6) is 2.25. The summed E-state index contributed by atoms with van der Waals surface area (Å²) in [5, 5.41) is 4.00. The fourth-order valence-electron chi connectivity index (χ4n) is 3.57. The molecule has 3 aromatic rings. The third kappa shape index (κ3) is 4.36. The highest BCUT2D eigenvalue weighted by atomic mass is 35.5. The second kappa shape index (κ2) is 9.09. The second-order valence-electron chi connectivity index (χ2n) is 7.08. The maximum Gasteiger partial charge on any atom is 0.157 e. The Balaban J connectivity index is 1.41. The van der Waals surface area contributed by atoms with E-state index in [9.17, 15) is 0 Å². The lowest BCUT2D eigenvalue weighted by Gasteiger charge is -2.37. The van der Waals surface area contributed by atoms with Gasteiger partial charge in [0.1, 0.15) is 17.8 Å². The summed E-state index contributed by atoms with van der Waals surface area (Å²) in [7, 11) is 1.68. The summed E-state index contributed by atoms with van der Waals surface area (Å²) < 4.78 is 5.24. The van der Waals surface area contributed by atoms with Crippen molar-refractivity contribution in [3.63, 3.8) is 0 Å². The SMILES string of the molecule is COc1ccc(N2CCN(c3ncnc(NCc4ccccc4Cl)c3N)CC2)cc1. The molecule has 1 aliphatic rings. The zero-order valence-corrected chi connectivity index (χ0v) is 17.6. The first-order valence-corrected chi connectivity index (χ1v) is 10.2. The quantitative estimate of drug-likeness (QED) is 0.625. The molecular formula is C22H25ClN6O. The van der Waals surface area contributed by atoms with Crippen molar-refractivity contribution >= 4 is 34.6 Å². The number of hydrogen-bond acceptors (Lipinski definition) is 7. The molecule has 0 aliphatic carbocycles. The predicted molar refractivity (Wildman–Crippen MR) is 123 cm³/mol. The topological polar surface area (TPSA) is 79.5 Å². The molecular weight excluding hydrogens is 400 g/mol. The number of halogens is 1. The number of rotatable bonds is 6. The summed E-state index contributed by atoms with van der Waals surface area (Å²) in [6.45, 7) is 3.98. The molecule has 1 saturated heterocycles. The Morgan fingerprint density at radius 3 is 2.40 bits per heavy atom. The van der Waals surface area contributed by atoms with Gasteiger partial charge in [-0.1, -0.05) is 29.8 Å². The Bertz CT molecular complexity index is 989. The van der Waals surface area contributed by atoms with Gasteiger partial charge in [0, 0.05) is 43.4 Å². The number of aromatic nitrogens is 2. The highest BCUT2D eigenvalue weighted by molar-refractivity contribution is 6.31. The lowest BCUT2D eigenvalue weighted by Crippen LogP contribution is -2.47. The van der Waals surface area contributed by atoms with Crippen molar-refractivity contribution in [1.29, 1.82) is 0 Å². The van der Waals surface area contributed by atoms with E-state index in [4.69, 9.17) is 22.1 Å². The highest BCUT2D eigenvalue weighted by Gasteiger charge is 2.21. The molecule has 0 atom stereocenters. The molecule has 2 heterocycles. The lowest BCUT2D eigenvalue weighted by atomic mass is 10.2. The molecule has 0 amide bonds. The summed E-state index contributed by atoms with van der Waals surface area (Å²) in [4.78, 5) is 13.3. The van der Waals surface area contributed by atoms with Crippen LogP contribution in [0, 0.1) is 0 Å². The van der Waals surface area contributed by atoms with E-state index in [2.05, 4.69) is 37.2 Å². The van der Waals surface area contributed by atoms with E-state index in [0.29, 0.717) is 23.1 Å². The molecule has 1 aliphatic heterocycles. The molecule has 7 nitrogen and oxygen atoms in total. The van der Waals surface area contributed by atoms with Gasteiger partial charge < -0.3 is 25.6 Å². The summed E-state index contributed by atoms with van der Waals surface area (Å²) in [5.41, 5.74) is 9.14. The largest absolute Gasteiger partial charge is 0.497 e. The summed E-state index contributed by atoms with van der Waals surface area (Å²) in [6, 6.07) is 15.9. The number of piperazine rings is 1. The number of methoxy groups -OCH3 is 1. The fraction of sp³-hybridized carbons (Fsp3) is 0.273. The van der Waals surface area contributed by atoms with Crippen molar-refractivity contribution < 1.29 is 4.74 Å². The van der Waals surface area contributed by atoms with Crippen molar-refractivity contribution in [1.82, 2.24) is 9.97 Å². The highest BCUT2D eigenvalue weighted by Crippen LogP contribution is 2.29. The van der Waals surface area contributed by atoms with Crippen molar-refractivity contribution in [2.45, 2.75) is 6.54 Å². The standard InChI is InChI=1S/C22H25ClN6O/c1-30-18-8-6-17(7-9-18)28-10-12-29(13-11-28)22-20(24)21(26-15-27-22)25-14-16-4-2-3-5-19(16)23/h2-9,15H,10-14,24H2,1H3,(H,25,26,27). The molecule has 0 spiro atoms. The van der Waals surface area contributed by atoms with E-state index in [0.717, 1.165) is 43.3 Å². The van der Waals surface area contributed by atoms with Crippen LogP contribution in [0.5, 0.6) is 5.75 Å². The number of benzene rings is 2. The number of anilines is 4. The van der Waals surface area contributed by atoms with Crippen molar-refractivity contribution in [3.8, 4) is 5.75 Å². The average Bonchev–Trinajstić information content (AvgIpc) is 2.80. The van der Waals surface area contributed by atoms with E-state index in [1.807, 2.05) is 36.4 Å². The van der Waals surface area contributed by atoms with Crippen LogP contribution in [0.2, 0.25) is 5.02 Å². The van der Waals surface area contributed by atoms with Crippen LogP contribution in [0.25, 0.3) is 0 Å². The maximum atomic E-state index is 6.40. The lowest BCUT2D eigenvalue weighted by molar-refractivity contribution is 0.415. The van der Waals surface area contributed by atoms with E-state index in [-0.39, 0.29) is 0 Å². The molecule has 1 aromatic heterocycles. The zero-order valence-electron chi connectivity index (χ0n) is 16.9. The molecule has 0 bridgehead atoms. The monoisotopic (exact) mass is 424 g/mol. The van der Waals surface area contributed by atoms with Crippen LogP contribution < -0.4 is 25.6 Å². The summed E-state index contributed by atoms with van der Waals surface area (Å²) >= 11 is 6.24. The van der Waals surface area contributed by atoms with Crippen LogP contribution in [0.1, 0.15) is 5.56 Å². The van der Waals surface area contributed by atoms with Gasteiger partial charge >= 0.3 is 0 Å². The Kier molecular flexibility index (Phi) is 6.09.